The fourth-order valence-electron chi connectivity index (χ4n) is 4.34. The highest BCUT2D eigenvalue weighted by Crippen LogP contribution is 2.28. The lowest BCUT2D eigenvalue weighted by Crippen LogP contribution is -2.43. The van der Waals surface area contributed by atoms with Crippen molar-refractivity contribution in [2.24, 2.45) is 0 Å². The van der Waals surface area contributed by atoms with Crippen molar-refractivity contribution >= 4 is 33.3 Å². The first-order valence-electron chi connectivity index (χ1n) is 14.2. The predicted octanol–water partition coefficient (Wildman–Crippen LogP) is 8.25. The van der Waals surface area contributed by atoms with E-state index in [9.17, 15) is 13.2 Å². The van der Waals surface area contributed by atoms with Gasteiger partial charge in [0.05, 0.1) is 28.3 Å². The molecule has 3 N–H and O–H groups in total. The predicted molar refractivity (Wildman–Crippen MR) is 157 cm³/mol. The number of halogens is 1. The number of aliphatic carboxylic acids is 1. The van der Waals surface area contributed by atoms with E-state index in [1.165, 1.54) is 88.8 Å². The summed E-state index contributed by atoms with van der Waals surface area (Å²) in [5.41, 5.74) is -0.367. The van der Waals surface area contributed by atoms with Gasteiger partial charge in [0, 0.05) is 5.54 Å². The average molecular weight is 573 g/mol. The summed E-state index contributed by atoms with van der Waals surface area (Å²) in [5, 5.41) is 12.0. The van der Waals surface area contributed by atoms with E-state index in [0.717, 1.165) is 25.3 Å². The minimum absolute atomic E-state index is 0.0351. The van der Waals surface area contributed by atoms with Crippen LogP contribution in [-0.4, -0.2) is 31.6 Å². The van der Waals surface area contributed by atoms with Gasteiger partial charge in [-0.2, -0.15) is 0 Å². The zero-order valence-corrected chi connectivity index (χ0v) is 25.4. The van der Waals surface area contributed by atoms with Crippen molar-refractivity contribution in [2.45, 2.75) is 128 Å². The summed E-state index contributed by atoms with van der Waals surface area (Å²) >= 11 is 6.22. The molecule has 0 amide bonds. The van der Waals surface area contributed by atoms with Crippen molar-refractivity contribution in [3.63, 3.8) is 0 Å². The van der Waals surface area contributed by atoms with Crippen LogP contribution >= 0.6 is 11.6 Å². The molecule has 1 aromatic carbocycles. The summed E-state index contributed by atoms with van der Waals surface area (Å²) in [5.74, 6) is -1.23. The summed E-state index contributed by atoms with van der Waals surface area (Å²) in [6, 6.07) is 4.27. The van der Waals surface area contributed by atoms with E-state index < -0.39 is 21.5 Å². The van der Waals surface area contributed by atoms with Crippen molar-refractivity contribution in [3.05, 3.63) is 35.2 Å². The highest BCUT2D eigenvalue weighted by molar-refractivity contribution is 7.89. The molecular weight excluding hydrogens is 524 g/mol. The summed E-state index contributed by atoms with van der Waals surface area (Å²) in [4.78, 5) is 11.1. The number of unbranched alkanes of at least 4 members (excludes halogenated alkanes) is 12. The molecular formula is C29H49ClN2O5S. The van der Waals surface area contributed by atoms with E-state index in [2.05, 4.69) is 17.0 Å². The van der Waals surface area contributed by atoms with Gasteiger partial charge < -0.3 is 15.2 Å². The van der Waals surface area contributed by atoms with Gasteiger partial charge in [-0.25, -0.2) is 17.9 Å². The van der Waals surface area contributed by atoms with Crippen LogP contribution in [0.15, 0.2) is 35.1 Å². The third-order valence-corrected chi connectivity index (χ3v) is 8.40. The summed E-state index contributed by atoms with van der Waals surface area (Å²) in [7, 11) is -3.82. The van der Waals surface area contributed by atoms with E-state index in [-0.39, 0.29) is 28.1 Å². The van der Waals surface area contributed by atoms with Crippen LogP contribution in [0.25, 0.3) is 0 Å². The van der Waals surface area contributed by atoms with Gasteiger partial charge in [0.1, 0.15) is 0 Å². The first-order valence-corrected chi connectivity index (χ1v) is 16.0. The summed E-state index contributed by atoms with van der Waals surface area (Å²) in [6.45, 7) is 7.98. The van der Waals surface area contributed by atoms with Crippen molar-refractivity contribution < 1.29 is 23.1 Å². The number of hydrogen-bond acceptors (Lipinski definition) is 5. The number of ether oxygens (including phenoxy) is 1. The fraction of sp³-hybridized carbons (Fsp3) is 0.690. The molecule has 0 heterocycles. The van der Waals surface area contributed by atoms with Gasteiger partial charge in [-0.05, 0) is 45.4 Å². The van der Waals surface area contributed by atoms with Gasteiger partial charge in [0.15, 0.2) is 5.88 Å². The zero-order valence-electron chi connectivity index (χ0n) is 23.8. The molecule has 7 nitrogen and oxygen atoms in total. The van der Waals surface area contributed by atoms with Crippen LogP contribution in [-0.2, 0) is 19.6 Å². The Morgan fingerprint density at radius 1 is 0.947 bits per heavy atom. The highest BCUT2D eigenvalue weighted by Gasteiger charge is 2.26. The molecule has 0 aliphatic carbocycles. The molecule has 1 rings (SSSR count). The van der Waals surface area contributed by atoms with Crippen LogP contribution in [0.3, 0.4) is 0 Å². The number of rotatable bonds is 22. The Kier molecular flexibility index (Phi) is 16.7. The quantitative estimate of drug-likeness (QED) is 0.0733. The minimum Gasteiger partial charge on any atom is -0.479 e. The van der Waals surface area contributed by atoms with Gasteiger partial charge >= 0.3 is 5.97 Å². The topological polar surface area (TPSA) is 105 Å². The second-order valence-corrected chi connectivity index (χ2v) is 12.6. The van der Waals surface area contributed by atoms with Gasteiger partial charge in [0.2, 0.25) is 10.0 Å². The first kappa shape index (κ1) is 34.3. The van der Waals surface area contributed by atoms with E-state index in [0.29, 0.717) is 0 Å². The van der Waals surface area contributed by atoms with E-state index in [1.54, 1.807) is 6.92 Å². The zero-order chi connectivity index (χ0) is 28.4. The van der Waals surface area contributed by atoms with Crippen molar-refractivity contribution in [2.75, 3.05) is 11.9 Å². The number of hydrogen-bond donors (Lipinski definition) is 3. The Morgan fingerprint density at radius 2 is 1.47 bits per heavy atom. The monoisotopic (exact) mass is 572 g/mol. The number of carbonyl (C=O) groups is 1. The first-order chi connectivity index (χ1) is 18.0. The van der Waals surface area contributed by atoms with Crippen LogP contribution in [0, 0.1) is 0 Å². The maximum absolute atomic E-state index is 13.1. The van der Waals surface area contributed by atoms with Crippen molar-refractivity contribution in [1.82, 2.24) is 4.72 Å². The standard InChI is InChI=1S/C29H49ClN2O5S/c1-5-7-8-9-10-11-12-13-14-15-16-17-18-21-29(3,4)32-38(35,36)24-19-20-25(30)26(22-24)31-27(37-6-2)23-28(33)34/h19-20,22-23,31-32H,5-18,21H2,1-4H3,(H,33,34)/b27-23-. The third-order valence-electron chi connectivity index (χ3n) is 6.38. The Hall–Kier alpha value is -1.77. The van der Waals surface area contributed by atoms with Crippen LogP contribution in [0.4, 0.5) is 5.69 Å². The molecule has 0 atom stereocenters. The lowest BCUT2D eigenvalue weighted by molar-refractivity contribution is -0.131. The minimum atomic E-state index is -3.82. The maximum atomic E-state index is 13.1. The summed E-state index contributed by atoms with van der Waals surface area (Å²) < 4.78 is 34.3. The van der Waals surface area contributed by atoms with Crippen LogP contribution in [0.1, 0.15) is 118 Å². The number of anilines is 1. The molecule has 0 fully saturated rings. The molecule has 0 saturated carbocycles. The molecule has 0 radical (unpaired) electrons. The van der Waals surface area contributed by atoms with Crippen LogP contribution in [0.5, 0.6) is 0 Å². The molecule has 9 heteroatoms. The Labute approximate surface area is 235 Å². The smallest absolute Gasteiger partial charge is 0.333 e. The Bertz CT molecular complexity index is 964. The molecule has 0 aliphatic rings. The van der Waals surface area contributed by atoms with E-state index >= 15 is 0 Å². The number of carboxylic acid groups (broad SMARTS) is 1. The maximum Gasteiger partial charge on any atom is 0.333 e. The fourth-order valence-corrected chi connectivity index (χ4v) is 5.97. The molecule has 0 aliphatic heterocycles. The van der Waals surface area contributed by atoms with Gasteiger partial charge in [-0.15, -0.1) is 0 Å². The Morgan fingerprint density at radius 3 is 1.97 bits per heavy atom. The molecule has 0 saturated heterocycles. The summed E-state index contributed by atoms with van der Waals surface area (Å²) in [6.07, 6.45) is 18.1. The van der Waals surface area contributed by atoms with Crippen LogP contribution < -0.4 is 10.0 Å². The molecule has 38 heavy (non-hydrogen) atoms. The second-order valence-electron chi connectivity index (χ2n) is 10.5. The lowest BCUT2D eigenvalue weighted by atomic mass is 9.97. The van der Waals surface area contributed by atoms with E-state index in [4.69, 9.17) is 21.4 Å². The molecule has 1 aromatic rings. The second kappa shape index (κ2) is 18.5. The van der Waals surface area contributed by atoms with Gasteiger partial charge in [-0.1, -0.05) is 102 Å². The average Bonchev–Trinajstić information content (AvgIpc) is 2.82. The largest absolute Gasteiger partial charge is 0.479 e. The number of benzene rings is 1. The molecule has 0 spiro atoms. The number of sulfonamides is 1. The number of nitrogens with one attached hydrogen (secondary N) is 2. The Balaban J connectivity index is 2.49. The normalized spacial score (nSPS) is 12.5. The molecule has 218 valence electrons. The van der Waals surface area contributed by atoms with Crippen molar-refractivity contribution in [1.29, 1.82) is 0 Å². The number of carboxylic acids is 1. The van der Waals surface area contributed by atoms with Gasteiger partial charge in [0.25, 0.3) is 0 Å². The molecule has 0 bridgehead atoms. The van der Waals surface area contributed by atoms with Gasteiger partial charge in [-0.3, -0.25) is 0 Å². The third kappa shape index (κ3) is 15.0. The van der Waals surface area contributed by atoms with Crippen molar-refractivity contribution in [3.8, 4) is 0 Å². The lowest BCUT2D eigenvalue weighted by Gasteiger charge is -2.26. The SMILES string of the molecule is CCCCCCCCCCCCCCCC(C)(C)NS(=O)(=O)c1ccc(Cl)c(N/C(=C/C(=O)O)OCC)c1. The molecule has 0 unspecified atom stereocenters. The van der Waals surface area contributed by atoms with Crippen LogP contribution in [0.2, 0.25) is 5.02 Å². The highest BCUT2D eigenvalue weighted by atomic mass is 35.5. The molecule has 0 aromatic heterocycles. The van der Waals surface area contributed by atoms with E-state index in [1.807, 2.05) is 13.8 Å².